The van der Waals surface area contributed by atoms with Crippen LogP contribution in [0.1, 0.15) is 23.5 Å². The molecule has 0 unspecified atom stereocenters. The monoisotopic (exact) mass is 540 g/mol. The van der Waals surface area contributed by atoms with E-state index in [1.807, 2.05) is 13.1 Å². The molecule has 2 N–H and O–H groups in total. The fourth-order valence-corrected chi connectivity index (χ4v) is 4.09. The van der Waals surface area contributed by atoms with Gasteiger partial charge in [0.1, 0.15) is 0 Å². The van der Waals surface area contributed by atoms with Crippen LogP contribution < -0.4 is 10.0 Å². The van der Waals surface area contributed by atoms with Crippen molar-refractivity contribution in [2.45, 2.75) is 38.6 Å². The molecule has 2 heterocycles. The van der Waals surface area contributed by atoms with Crippen LogP contribution in [0.4, 0.5) is 11.6 Å². The molecule has 0 saturated heterocycles. The van der Waals surface area contributed by atoms with Crippen molar-refractivity contribution < 1.29 is 13.2 Å². The molecule has 1 aromatic carbocycles. The number of hydrogen-bond acceptors (Lipinski definition) is 6. The van der Waals surface area contributed by atoms with Crippen molar-refractivity contribution in [1.82, 2.24) is 19.7 Å². The largest absolute Gasteiger partial charge is 0.326 e. The van der Waals surface area contributed by atoms with E-state index in [0.717, 1.165) is 9.26 Å². The summed E-state index contributed by atoms with van der Waals surface area (Å²) in [7, 11) is -3.84. The average Bonchev–Trinajstić information content (AvgIpc) is 2.97. The number of rotatable bonds is 7. The molecule has 0 bridgehead atoms. The second-order valence-electron chi connectivity index (χ2n) is 6.73. The number of nitrogens with one attached hydrogen (secondary N) is 2. The van der Waals surface area contributed by atoms with Gasteiger partial charge in [0, 0.05) is 36.2 Å². The Morgan fingerprint density at radius 3 is 2.30 bits per heavy atom. The van der Waals surface area contributed by atoms with Crippen molar-refractivity contribution in [2.75, 3.05) is 10.0 Å². The number of amides is 1. The third-order valence-corrected chi connectivity index (χ3v) is 6.51. The van der Waals surface area contributed by atoms with Crippen molar-refractivity contribution >= 4 is 50.2 Å². The smallest absolute Gasteiger partial charge is 0.264 e. The molecular weight excluding hydrogens is 519 g/mol. The topological polar surface area (TPSA) is 119 Å². The lowest BCUT2D eigenvalue weighted by molar-refractivity contribution is -0.116. The summed E-state index contributed by atoms with van der Waals surface area (Å²) in [5, 5.41) is 7.07. The summed E-state index contributed by atoms with van der Waals surface area (Å²) < 4.78 is 30.3. The van der Waals surface area contributed by atoms with E-state index >= 15 is 0 Å². The van der Waals surface area contributed by atoms with Crippen LogP contribution in [0.5, 0.6) is 0 Å². The molecule has 158 valence electrons. The van der Waals surface area contributed by atoms with Crippen LogP contribution >= 0.6 is 22.6 Å². The zero-order chi connectivity index (χ0) is 21.9. The zero-order valence-electron chi connectivity index (χ0n) is 16.7. The number of hydrogen-bond donors (Lipinski definition) is 2. The Labute approximate surface area is 188 Å². The van der Waals surface area contributed by atoms with Crippen LogP contribution in [0.15, 0.2) is 41.4 Å². The van der Waals surface area contributed by atoms with E-state index in [1.165, 1.54) is 24.3 Å². The number of aryl methyl sites for hydroxylation is 4. The first kappa shape index (κ1) is 22.2. The summed E-state index contributed by atoms with van der Waals surface area (Å²) >= 11 is 2.19. The minimum absolute atomic E-state index is 0.0217. The molecule has 0 radical (unpaired) electrons. The normalized spacial score (nSPS) is 11.3. The summed E-state index contributed by atoms with van der Waals surface area (Å²) in [5.41, 5.74) is 2.76. The first-order valence-corrected chi connectivity index (χ1v) is 11.6. The Hall–Kier alpha value is -2.54. The maximum atomic E-state index is 12.6. The highest BCUT2D eigenvalue weighted by Crippen LogP contribution is 2.17. The quantitative estimate of drug-likeness (QED) is 0.445. The fourth-order valence-electron chi connectivity index (χ4n) is 2.72. The summed E-state index contributed by atoms with van der Waals surface area (Å²) in [6.07, 6.45) is 2.14. The van der Waals surface area contributed by atoms with Crippen LogP contribution in [0, 0.1) is 24.3 Å². The molecular formula is C19H21IN6O3S. The van der Waals surface area contributed by atoms with Gasteiger partial charge in [-0.2, -0.15) is 5.10 Å². The number of nitrogens with zero attached hydrogens (tertiary/aromatic N) is 4. The lowest BCUT2D eigenvalue weighted by Crippen LogP contribution is -2.16. The molecule has 0 fully saturated rings. The summed E-state index contributed by atoms with van der Waals surface area (Å²) in [6, 6.07) is 7.66. The first-order chi connectivity index (χ1) is 14.1. The second-order valence-corrected chi connectivity index (χ2v) is 9.57. The number of aromatic nitrogens is 4. The molecule has 3 rings (SSSR count). The van der Waals surface area contributed by atoms with Crippen LogP contribution in [0.25, 0.3) is 0 Å². The van der Waals surface area contributed by atoms with Gasteiger partial charge in [0.15, 0.2) is 0 Å². The van der Waals surface area contributed by atoms with Crippen molar-refractivity contribution in [2.24, 2.45) is 0 Å². The Balaban J connectivity index is 1.61. The van der Waals surface area contributed by atoms with E-state index in [4.69, 9.17) is 0 Å². The van der Waals surface area contributed by atoms with Crippen LogP contribution in [0.2, 0.25) is 0 Å². The SMILES string of the molecule is Cc1cc(C)nc(NS(=O)(=O)c2ccc(NC(=O)CCn3cc(I)c(C)n3)cc2)n1. The molecule has 11 heteroatoms. The van der Waals surface area contributed by atoms with Gasteiger partial charge in [-0.3, -0.25) is 9.48 Å². The average molecular weight is 540 g/mol. The third-order valence-electron chi connectivity index (χ3n) is 4.11. The predicted octanol–water partition coefficient (Wildman–Crippen LogP) is 3.03. The van der Waals surface area contributed by atoms with Gasteiger partial charge in [-0.1, -0.05) is 0 Å². The molecule has 0 aliphatic heterocycles. The van der Waals surface area contributed by atoms with Gasteiger partial charge in [-0.15, -0.1) is 0 Å². The van der Waals surface area contributed by atoms with Crippen molar-refractivity contribution in [3.63, 3.8) is 0 Å². The summed E-state index contributed by atoms with van der Waals surface area (Å²) in [6.45, 7) is 5.90. The van der Waals surface area contributed by atoms with E-state index in [2.05, 4.69) is 47.7 Å². The van der Waals surface area contributed by atoms with Crippen molar-refractivity contribution in [3.8, 4) is 0 Å². The summed E-state index contributed by atoms with van der Waals surface area (Å²) in [4.78, 5) is 20.4. The first-order valence-electron chi connectivity index (χ1n) is 9.07. The molecule has 1 amide bonds. The van der Waals surface area contributed by atoms with Gasteiger partial charge in [-0.25, -0.2) is 23.1 Å². The highest BCUT2D eigenvalue weighted by molar-refractivity contribution is 14.1. The maximum absolute atomic E-state index is 12.6. The summed E-state index contributed by atoms with van der Waals surface area (Å²) in [5.74, 6) is -0.163. The zero-order valence-corrected chi connectivity index (χ0v) is 19.7. The molecule has 30 heavy (non-hydrogen) atoms. The van der Waals surface area contributed by atoms with Gasteiger partial charge < -0.3 is 5.32 Å². The van der Waals surface area contributed by atoms with Gasteiger partial charge in [0.25, 0.3) is 10.0 Å². The Kier molecular flexibility index (Phi) is 6.71. The molecule has 2 aromatic heterocycles. The lowest BCUT2D eigenvalue weighted by Gasteiger charge is -2.09. The van der Waals surface area contributed by atoms with E-state index < -0.39 is 10.0 Å². The fraction of sp³-hybridized carbons (Fsp3) is 0.263. The molecule has 0 aliphatic carbocycles. The predicted molar refractivity (Wildman–Crippen MR) is 122 cm³/mol. The van der Waals surface area contributed by atoms with E-state index in [-0.39, 0.29) is 23.2 Å². The number of anilines is 2. The molecule has 0 atom stereocenters. The van der Waals surface area contributed by atoms with Crippen LogP contribution in [0.3, 0.4) is 0 Å². The Morgan fingerprint density at radius 2 is 1.73 bits per heavy atom. The Morgan fingerprint density at radius 1 is 1.10 bits per heavy atom. The minimum Gasteiger partial charge on any atom is -0.326 e. The molecule has 0 saturated carbocycles. The second kappa shape index (κ2) is 9.08. The minimum atomic E-state index is -3.84. The highest BCUT2D eigenvalue weighted by atomic mass is 127. The number of sulfonamides is 1. The van der Waals surface area contributed by atoms with Crippen molar-refractivity contribution in [3.05, 3.63) is 57.2 Å². The van der Waals surface area contributed by atoms with E-state index in [1.54, 1.807) is 24.6 Å². The molecule has 9 nitrogen and oxygen atoms in total. The van der Waals surface area contributed by atoms with Gasteiger partial charge in [0.05, 0.1) is 14.2 Å². The number of carbonyl (C=O) groups is 1. The van der Waals surface area contributed by atoms with Gasteiger partial charge in [-0.05, 0) is 73.7 Å². The number of halogens is 1. The lowest BCUT2D eigenvalue weighted by atomic mass is 10.3. The number of benzene rings is 1. The molecule has 0 aliphatic rings. The number of carbonyl (C=O) groups excluding carboxylic acids is 1. The standard InChI is InChI=1S/C19H21IN6O3S/c1-12-10-13(2)22-19(21-12)25-30(28,29)16-6-4-15(5-7-16)23-18(27)8-9-26-11-17(20)14(3)24-26/h4-7,10-11H,8-9H2,1-3H3,(H,23,27)(H,21,22,25). The Bertz CT molecular complexity index is 1140. The van der Waals surface area contributed by atoms with Crippen molar-refractivity contribution in [1.29, 1.82) is 0 Å². The maximum Gasteiger partial charge on any atom is 0.264 e. The van der Waals surface area contributed by atoms with Crippen LogP contribution in [-0.4, -0.2) is 34.1 Å². The highest BCUT2D eigenvalue weighted by Gasteiger charge is 2.16. The van der Waals surface area contributed by atoms with Gasteiger partial charge >= 0.3 is 0 Å². The third kappa shape index (κ3) is 5.75. The van der Waals surface area contributed by atoms with Gasteiger partial charge in [0.2, 0.25) is 11.9 Å². The van der Waals surface area contributed by atoms with Crippen LogP contribution in [-0.2, 0) is 21.4 Å². The van der Waals surface area contributed by atoms with E-state index in [0.29, 0.717) is 23.6 Å². The molecule has 3 aromatic rings. The molecule has 0 spiro atoms. The van der Waals surface area contributed by atoms with E-state index in [9.17, 15) is 13.2 Å².